The van der Waals surface area contributed by atoms with Crippen LogP contribution in [0.4, 0.5) is 5.69 Å². The summed E-state index contributed by atoms with van der Waals surface area (Å²) in [5, 5.41) is 0.827. The number of fused-ring (bicyclic) bond motifs is 1. The van der Waals surface area contributed by atoms with Gasteiger partial charge in [0.05, 0.1) is 11.2 Å². The summed E-state index contributed by atoms with van der Waals surface area (Å²) in [6, 6.07) is 16.2. The Bertz CT molecular complexity index is 967. The molecule has 1 aromatic heterocycles. The molecule has 0 N–H and O–H groups in total. The maximum absolute atomic E-state index is 13.4. The van der Waals surface area contributed by atoms with Gasteiger partial charge in [-0.25, -0.2) is 8.42 Å². The van der Waals surface area contributed by atoms with E-state index < -0.39 is 10.0 Å². The van der Waals surface area contributed by atoms with Gasteiger partial charge in [-0.15, -0.1) is 0 Å². The molecule has 0 saturated heterocycles. The van der Waals surface area contributed by atoms with Gasteiger partial charge in [0, 0.05) is 17.6 Å². The smallest absolute Gasteiger partial charge is 0.264 e. The van der Waals surface area contributed by atoms with Crippen LogP contribution in [0.25, 0.3) is 10.9 Å². The standard InChI is InChI=1S/C19H20N2O2S/c1-14(2)21(17-9-5-4-6-10-17)24(22,23)18-11-7-8-16-12-15(3)13-20-19(16)18/h4-14H,1-3H3. The van der Waals surface area contributed by atoms with E-state index >= 15 is 0 Å². The van der Waals surface area contributed by atoms with Crippen LogP contribution in [-0.2, 0) is 10.0 Å². The van der Waals surface area contributed by atoms with Crippen molar-refractivity contribution in [3.63, 3.8) is 0 Å². The molecule has 24 heavy (non-hydrogen) atoms. The molecule has 0 atom stereocenters. The molecule has 0 aliphatic rings. The monoisotopic (exact) mass is 340 g/mol. The summed E-state index contributed by atoms with van der Waals surface area (Å²) < 4.78 is 28.2. The molecule has 0 aliphatic carbocycles. The van der Waals surface area contributed by atoms with E-state index in [0.717, 1.165) is 10.9 Å². The highest BCUT2D eigenvalue weighted by Gasteiger charge is 2.29. The van der Waals surface area contributed by atoms with Crippen molar-refractivity contribution in [3.8, 4) is 0 Å². The second-order valence-electron chi connectivity index (χ2n) is 6.07. The summed E-state index contributed by atoms with van der Waals surface area (Å²) in [7, 11) is -3.72. The minimum atomic E-state index is -3.72. The van der Waals surface area contributed by atoms with Crippen molar-refractivity contribution in [3.05, 3.63) is 66.4 Å². The van der Waals surface area contributed by atoms with Crippen molar-refractivity contribution in [2.24, 2.45) is 0 Å². The van der Waals surface area contributed by atoms with Crippen LogP contribution in [0.1, 0.15) is 19.4 Å². The lowest BCUT2D eigenvalue weighted by molar-refractivity contribution is 0.585. The fourth-order valence-electron chi connectivity index (χ4n) is 2.85. The molecular weight excluding hydrogens is 320 g/mol. The summed E-state index contributed by atoms with van der Waals surface area (Å²) in [6.45, 7) is 5.68. The van der Waals surface area contributed by atoms with Crippen LogP contribution in [0.5, 0.6) is 0 Å². The van der Waals surface area contributed by atoms with Crippen LogP contribution >= 0.6 is 0 Å². The van der Waals surface area contributed by atoms with E-state index in [0.29, 0.717) is 11.2 Å². The number of anilines is 1. The van der Waals surface area contributed by atoms with Crippen LogP contribution in [0.15, 0.2) is 65.7 Å². The molecule has 0 bridgehead atoms. The van der Waals surface area contributed by atoms with Crippen LogP contribution < -0.4 is 4.31 Å². The third kappa shape index (κ3) is 2.87. The van der Waals surface area contributed by atoms with Gasteiger partial charge in [0.25, 0.3) is 10.0 Å². The topological polar surface area (TPSA) is 50.3 Å². The van der Waals surface area contributed by atoms with E-state index in [9.17, 15) is 8.42 Å². The van der Waals surface area contributed by atoms with Crippen molar-refractivity contribution in [1.29, 1.82) is 0 Å². The first-order valence-corrected chi connectivity index (χ1v) is 9.30. The van der Waals surface area contributed by atoms with E-state index in [1.165, 1.54) is 4.31 Å². The molecule has 0 unspecified atom stereocenters. The van der Waals surface area contributed by atoms with E-state index in [1.807, 2.05) is 51.1 Å². The number of sulfonamides is 1. The van der Waals surface area contributed by atoms with Crippen LogP contribution in [0.3, 0.4) is 0 Å². The first-order valence-electron chi connectivity index (χ1n) is 7.86. The van der Waals surface area contributed by atoms with Gasteiger partial charge in [-0.1, -0.05) is 30.3 Å². The molecule has 0 amide bonds. The fraction of sp³-hybridized carbons (Fsp3) is 0.211. The van der Waals surface area contributed by atoms with Gasteiger partial charge in [0.15, 0.2) is 0 Å². The Morgan fingerprint density at radius 2 is 1.71 bits per heavy atom. The Kier molecular flexibility index (Phi) is 4.28. The second kappa shape index (κ2) is 6.24. The van der Waals surface area contributed by atoms with Crippen molar-refractivity contribution < 1.29 is 8.42 Å². The number of aromatic nitrogens is 1. The molecule has 4 nitrogen and oxygen atoms in total. The highest BCUT2D eigenvalue weighted by Crippen LogP contribution is 2.29. The predicted octanol–water partition coefficient (Wildman–Crippen LogP) is 4.15. The number of hydrogen-bond acceptors (Lipinski definition) is 3. The fourth-order valence-corrected chi connectivity index (χ4v) is 4.68. The summed E-state index contributed by atoms with van der Waals surface area (Å²) >= 11 is 0. The number of aryl methyl sites for hydroxylation is 1. The molecule has 3 aromatic rings. The highest BCUT2D eigenvalue weighted by molar-refractivity contribution is 7.93. The third-order valence-corrected chi connectivity index (χ3v) is 5.86. The lowest BCUT2D eigenvalue weighted by atomic mass is 10.2. The first-order chi connectivity index (χ1) is 11.4. The lowest BCUT2D eigenvalue weighted by Gasteiger charge is -2.28. The van der Waals surface area contributed by atoms with Crippen LogP contribution in [-0.4, -0.2) is 19.4 Å². The van der Waals surface area contributed by atoms with Crippen molar-refractivity contribution >= 4 is 26.6 Å². The minimum Gasteiger partial charge on any atom is -0.264 e. The molecule has 0 radical (unpaired) electrons. The number of para-hydroxylation sites is 2. The Hall–Kier alpha value is -2.40. The van der Waals surface area contributed by atoms with Gasteiger partial charge in [-0.05, 0) is 50.6 Å². The maximum Gasteiger partial charge on any atom is 0.266 e. The minimum absolute atomic E-state index is 0.210. The number of hydrogen-bond donors (Lipinski definition) is 0. The molecule has 0 fully saturated rings. The SMILES string of the molecule is Cc1cnc2c(S(=O)(=O)N(c3ccccc3)C(C)C)cccc2c1. The third-order valence-electron chi connectivity index (χ3n) is 3.83. The maximum atomic E-state index is 13.4. The summed E-state index contributed by atoms with van der Waals surface area (Å²) in [4.78, 5) is 4.61. The molecule has 1 heterocycles. The Labute approximate surface area is 142 Å². The van der Waals surface area contributed by atoms with Gasteiger partial charge in [-0.2, -0.15) is 0 Å². The molecule has 2 aromatic carbocycles. The van der Waals surface area contributed by atoms with Gasteiger partial charge >= 0.3 is 0 Å². The van der Waals surface area contributed by atoms with Crippen LogP contribution in [0.2, 0.25) is 0 Å². The second-order valence-corrected chi connectivity index (χ2v) is 7.85. The number of rotatable bonds is 4. The van der Waals surface area contributed by atoms with Gasteiger partial charge in [-0.3, -0.25) is 9.29 Å². The Morgan fingerprint density at radius 1 is 1.00 bits per heavy atom. The summed E-state index contributed by atoms with van der Waals surface area (Å²) in [5.41, 5.74) is 2.15. The van der Waals surface area contributed by atoms with E-state index in [2.05, 4.69) is 4.98 Å². The van der Waals surface area contributed by atoms with Crippen molar-refractivity contribution in [1.82, 2.24) is 4.98 Å². The zero-order chi connectivity index (χ0) is 17.3. The molecule has 0 spiro atoms. The molecule has 3 rings (SSSR count). The number of nitrogens with zero attached hydrogens (tertiary/aromatic N) is 2. The molecule has 5 heteroatoms. The quantitative estimate of drug-likeness (QED) is 0.717. The average molecular weight is 340 g/mol. The lowest BCUT2D eigenvalue weighted by Crippen LogP contribution is -2.37. The zero-order valence-electron chi connectivity index (χ0n) is 14.0. The first kappa shape index (κ1) is 16.5. The van der Waals surface area contributed by atoms with E-state index in [-0.39, 0.29) is 10.9 Å². The predicted molar refractivity (Wildman–Crippen MR) is 97.7 cm³/mol. The molecule has 0 aliphatic heterocycles. The molecular formula is C19H20N2O2S. The number of pyridine rings is 1. The van der Waals surface area contributed by atoms with Crippen molar-refractivity contribution in [2.75, 3.05) is 4.31 Å². The zero-order valence-corrected chi connectivity index (χ0v) is 14.8. The highest BCUT2D eigenvalue weighted by atomic mass is 32.2. The normalized spacial score (nSPS) is 11.8. The Balaban J connectivity index is 2.23. The van der Waals surface area contributed by atoms with Gasteiger partial charge in [0.2, 0.25) is 0 Å². The van der Waals surface area contributed by atoms with Crippen LogP contribution in [0, 0.1) is 6.92 Å². The molecule has 124 valence electrons. The average Bonchev–Trinajstić information content (AvgIpc) is 2.54. The largest absolute Gasteiger partial charge is 0.266 e. The summed E-state index contributed by atoms with van der Waals surface area (Å²) in [5.74, 6) is 0. The number of benzene rings is 2. The van der Waals surface area contributed by atoms with E-state index in [4.69, 9.17) is 0 Å². The van der Waals surface area contributed by atoms with Gasteiger partial charge < -0.3 is 0 Å². The Morgan fingerprint density at radius 3 is 2.38 bits per heavy atom. The van der Waals surface area contributed by atoms with Crippen molar-refractivity contribution in [2.45, 2.75) is 31.7 Å². The summed E-state index contributed by atoms with van der Waals surface area (Å²) in [6.07, 6.45) is 1.70. The molecule has 0 saturated carbocycles. The van der Waals surface area contributed by atoms with Gasteiger partial charge in [0.1, 0.15) is 4.90 Å². The van der Waals surface area contributed by atoms with E-state index in [1.54, 1.807) is 30.5 Å².